The predicted octanol–water partition coefficient (Wildman–Crippen LogP) is 4.29. The molecule has 0 aromatic rings. The summed E-state index contributed by atoms with van der Waals surface area (Å²) in [6.07, 6.45) is 0. The highest BCUT2D eigenvalue weighted by atomic mass is 35.5. The maximum Gasteiger partial charge on any atom is 0.0553 e. The van der Waals surface area contributed by atoms with Gasteiger partial charge < -0.3 is 0 Å². The van der Waals surface area contributed by atoms with E-state index in [1.165, 1.54) is 0 Å². The van der Waals surface area contributed by atoms with Crippen LogP contribution >= 0.6 is 23.2 Å². The molecule has 0 rings (SSSR count). The van der Waals surface area contributed by atoms with Crippen molar-refractivity contribution < 1.29 is 0 Å². The first-order chi connectivity index (χ1) is 5.07. The van der Waals surface area contributed by atoms with Crippen molar-refractivity contribution in [3.05, 3.63) is 0 Å². The maximum absolute atomic E-state index is 6.26. The van der Waals surface area contributed by atoms with Gasteiger partial charge in [0.05, 0.1) is 10.8 Å². The van der Waals surface area contributed by atoms with Crippen molar-refractivity contribution in [3.63, 3.8) is 0 Å². The van der Waals surface area contributed by atoms with Gasteiger partial charge in [0.15, 0.2) is 0 Å². The van der Waals surface area contributed by atoms with E-state index in [0.717, 1.165) is 0 Å². The minimum Gasteiger partial charge on any atom is -0.121 e. The van der Waals surface area contributed by atoms with Crippen LogP contribution in [0.5, 0.6) is 0 Å². The molecule has 74 valence electrons. The van der Waals surface area contributed by atoms with Crippen LogP contribution in [0, 0.1) is 10.8 Å². The second-order valence-electron chi connectivity index (χ2n) is 5.54. The van der Waals surface area contributed by atoms with Crippen molar-refractivity contribution >= 4 is 23.2 Å². The van der Waals surface area contributed by atoms with E-state index in [9.17, 15) is 0 Å². The Balaban J connectivity index is 4.41. The smallest absolute Gasteiger partial charge is 0.0553 e. The van der Waals surface area contributed by atoms with E-state index in [1.54, 1.807) is 0 Å². The molecule has 12 heavy (non-hydrogen) atoms. The summed E-state index contributed by atoms with van der Waals surface area (Å²) in [7, 11) is 0. The van der Waals surface area contributed by atoms with Crippen molar-refractivity contribution in [2.45, 2.75) is 52.3 Å². The van der Waals surface area contributed by atoms with Gasteiger partial charge in [-0.25, -0.2) is 0 Å². The minimum atomic E-state index is 0.0131. The van der Waals surface area contributed by atoms with Crippen molar-refractivity contribution in [2.24, 2.45) is 10.8 Å². The van der Waals surface area contributed by atoms with Gasteiger partial charge in [-0.05, 0) is 10.8 Å². The zero-order chi connectivity index (χ0) is 10.2. The Morgan fingerprint density at radius 1 is 0.667 bits per heavy atom. The van der Waals surface area contributed by atoms with E-state index < -0.39 is 0 Å². The molecule has 0 saturated heterocycles. The minimum absolute atomic E-state index is 0.0131. The Hall–Kier alpha value is 0.580. The Labute approximate surface area is 86.6 Å². The van der Waals surface area contributed by atoms with E-state index in [-0.39, 0.29) is 21.6 Å². The lowest BCUT2D eigenvalue weighted by atomic mass is 9.80. The average Bonchev–Trinajstić information content (AvgIpc) is 1.80. The molecule has 0 unspecified atom stereocenters. The Morgan fingerprint density at radius 3 is 0.917 bits per heavy atom. The molecule has 0 fully saturated rings. The van der Waals surface area contributed by atoms with E-state index in [1.807, 2.05) is 0 Å². The van der Waals surface area contributed by atoms with E-state index in [4.69, 9.17) is 23.2 Å². The number of hydrogen-bond acceptors (Lipinski definition) is 0. The molecule has 0 spiro atoms. The van der Waals surface area contributed by atoms with Gasteiger partial charge >= 0.3 is 0 Å². The third-order valence-corrected chi connectivity index (χ3v) is 3.85. The largest absolute Gasteiger partial charge is 0.121 e. The SMILES string of the molecule is CC(C)(C)[C@H](Cl)[C@H](Cl)C(C)(C)C. The maximum atomic E-state index is 6.26. The first kappa shape index (κ1) is 12.6. The van der Waals surface area contributed by atoms with E-state index >= 15 is 0 Å². The van der Waals surface area contributed by atoms with Crippen molar-refractivity contribution in [3.8, 4) is 0 Å². The standard InChI is InChI=1S/C10H20Cl2/c1-9(2,3)7(11)8(12)10(4,5)6/h7-8H,1-6H3/t7-,8+. The molecule has 0 nitrogen and oxygen atoms in total. The normalized spacial score (nSPS) is 19.0. The zero-order valence-corrected chi connectivity index (χ0v) is 10.4. The number of halogens is 2. The molecule has 0 aromatic carbocycles. The fourth-order valence-corrected chi connectivity index (χ4v) is 1.63. The molecule has 0 aromatic heterocycles. The highest BCUT2D eigenvalue weighted by Crippen LogP contribution is 2.38. The quantitative estimate of drug-likeness (QED) is 0.567. The predicted molar refractivity (Wildman–Crippen MR) is 58.2 cm³/mol. The number of hydrogen-bond donors (Lipinski definition) is 0. The van der Waals surface area contributed by atoms with E-state index in [0.29, 0.717) is 0 Å². The Bertz CT molecular complexity index is 121. The molecular formula is C10H20Cl2. The summed E-state index contributed by atoms with van der Waals surface area (Å²) in [5.74, 6) is 0. The van der Waals surface area contributed by atoms with Crippen LogP contribution in [0.1, 0.15) is 41.5 Å². The second kappa shape index (κ2) is 3.75. The van der Waals surface area contributed by atoms with Crippen molar-refractivity contribution in [2.75, 3.05) is 0 Å². The van der Waals surface area contributed by atoms with Crippen LogP contribution in [0.3, 0.4) is 0 Å². The molecule has 2 atom stereocenters. The van der Waals surface area contributed by atoms with Gasteiger partial charge in [-0.1, -0.05) is 41.5 Å². The molecule has 0 aliphatic heterocycles. The summed E-state index contributed by atoms with van der Waals surface area (Å²) in [5.41, 5.74) is 0.141. The van der Waals surface area contributed by atoms with Gasteiger partial charge in [0.2, 0.25) is 0 Å². The molecule has 0 saturated carbocycles. The van der Waals surface area contributed by atoms with Crippen LogP contribution in [0.4, 0.5) is 0 Å². The van der Waals surface area contributed by atoms with Crippen LogP contribution in [0.2, 0.25) is 0 Å². The van der Waals surface area contributed by atoms with Gasteiger partial charge in [-0.3, -0.25) is 0 Å². The monoisotopic (exact) mass is 210 g/mol. The number of rotatable bonds is 1. The fourth-order valence-electron chi connectivity index (χ4n) is 0.878. The van der Waals surface area contributed by atoms with Gasteiger partial charge in [0.1, 0.15) is 0 Å². The lowest BCUT2D eigenvalue weighted by molar-refractivity contribution is 0.289. The first-order valence-electron chi connectivity index (χ1n) is 4.35. The van der Waals surface area contributed by atoms with Gasteiger partial charge in [0, 0.05) is 0 Å². The molecular weight excluding hydrogens is 191 g/mol. The Kier molecular flexibility index (Phi) is 3.94. The van der Waals surface area contributed by atoms with Crippen LogP contribution in [0.15, 0.2) is 0 Å². The second-order valence-corrected chi connectivity index (χ2v) is 6.48. The summed E-state index contributed by atoms with van der Waals surface area (Å²) in [6.45, 7) is 12.7. The van der Waals surface area contributed by atoms with Gasteiger partial charge in [0.25, 0.3) is 0 Å². The molecule has 0 amide bonds. The fraction of sp³-hybridized carbons (Fsp3) is 1.00. The lowest BCUT2D eigenvalue weighted by Gasteiger charge is -2.36. The first-order valence-corrected chi connectivity index (χ1v) is 5.22. The topological polar surface area (TPSA) is 0 Å². The van der Waals surface area contributed by atoms with E-state index in [2.05, 4.69) is 41.5 Å². The average molecular weight is 211 g/mol. The third kappa shape index (κ3) is 3.53. The lowest BCUT2D eigenvalue weighted by Crippen LogP contribution is -2.37. The van der Waals surface area contributed by atoms with Gasteiger partial charge in [-0.15, -0.1) is 23.2 Å². The van der Waals surface area contributed by atoms with Crippen LogP contribution in [0.25, 0.3) is 0 Å². The zero-order valence-electron chi connectivity index (χ0n) is 8.91. The van der Waals surface area contributed by atoms with Gasteiger partial charge in [-0.2, -0.15) is 0 Å². The molecule has 0 radical (unpaired) electrons. The molecule has 0 bridgehead atoms. The molecule has 0 N–H and O–H groups in total. The van der Waals surface area contributed by atoms with Crippen LogP contribution in [-0.2, 0) is 0 Å². The molecule has 0 aliphatic rings. The van der Waals surface area contributed by atoms with Crippen molar-refractivity contribution in [1.29, 1.82) is 0 Å². The summed E-state index contributed by atoms with van der Waals surface area (Å²) >= 11 is 12.5. The summed E-state index contributed by atoms with van der Waals surface area (Å²) < 4.78 is 0. The highest BCUT2D eigenvalue weighted by molar-refractivity contribution is 6.30. The third-order valence-electron chi connectivity index (χ3n) is 1.91. The molecule has 2 heteroatoms. The van der Waals surface area contributed by atoms with Crippen molar-refractivity contribution in [1.82, 2.24) is 0 Å². The summed E-state index contributed by atoms with van der Waals surface area (Å²) in [4.78, 5) is 0. The molecule has 0 aliphatic carbocycles. The summed E-state index contributed by atoms with van der Waals surface area (Å²) in [6, 6.07) is 0. The highest BCUT2D eigenvalue weighted by Gasteiger charge is 2.36. The Morgan fingerprint density at radius 2 is 0.833 bits per heavy atom. The van der Waals surface area contributed by atoms with Crippen LogP contribution < -0.4 is 0 Å². The molecule has 0 heterocycles. The number of alkyl halides is 2. The van der Waals surface area contributed by atoms with Crippen LogP contribution in [-0.4, -0.2) is 10.8 Å². The summed E-state index contributed by atoms with van der Waals surface area (Å²) in [5, 5.41) is 0.0262.